The number of rotatable bonds is 5. The van der Waals surface area contributed by atoms with E-state index in [0.717, 1.165) is 12.1 Å². The van der Waals surface area contributed by atoms with E-state index >= 15 is 0 Å². The Morgan fingerprint density at radius 1 is 1.09 bits per heavy atom. The third-order valence-electron chi connectivity index (χ3n) is 4.97. The molecule has 0 aliphatic carbocycles. The van der Waals surface area contributed by atoms with E-state index in [1.54, 1.807) is 18.2 Å². The molecule has 0 bridgehead atoms. The van der Waals surface area contributed by atoms with Crippen LogP contribution in [0.4, 0.5) is 17.6 Å². The number of nitrogens with one attached hydrogen (secondary N) is 1. The summed E-state index contributed by atoms with van der Waals surface area (Å²) >= 11 is 0. The maximum absolute atomic E-state index is 14.6. The fourth-order valence-corrected chi connectivity index (χ4v) is 3.24. The van der Waals surface area contributed by atoms with Crippen molar-refractivity contribution < 1.29 is 22.4 Å². The number of aromatic nitrogens is 3. The molecule has 34 heavy (non-hydrogen) atoms. The second kappa shape index (κ2) is 9.15. The minimum absolute atomic E-state index is 0.0582. The highest BCUT2D eigenvalue weighted by Gasteiger charge is 2.34. The van der Waals surface area contributed by atoms with Crippen molar-refractivity contribution in [1.82, 2.24) is 20.1 Å². The molecule has 0 saturated carbocycles. The lowest BCUT2D eigenvalue weighted by Gasteiger charge is -2.10. The summed E-state index contributed by atoms with van der Waals surface area (Å²) in [6.07, 6.45) is -1.73. The van der Waals surface area contributed by atoms with E-state index in [9.17, 15) is 22.4 Å². The molecule has 1 amide bonds. The van der Waals surface area contributed by atoms with Crippen molar-refractivity contribution in [2.75, 3.05) is 0 Å². The van der Waals surface area contributed by atoms with Gasteiger partial charge in [0.1, 0.15) is 11.5 Å². The Balaban J connectivity index is 1.52. The van der Waals surface area contributed by atoms with Gasteiger partial charge in [0.05, 0.1) is 28.6 Å². The lowest BCUT2D eigenvalue weighted by molar-refractivity contribution is -0.137. The van der Waals surface area contributed by atoms with Crippen molar-refractivity contribution in [1.29, 1.82) is 5.26 Å². The van der Waals surface area contributed by atoms with Gasteiger partial charge in [-0.3, -0.25) is 9.78 Å². The van der Waals surface area contributed by atoms with Crippen molar-refractivity contribution in [3.63, 3.8) is 0 Å². The molecule has 2 aromatic heterocycles. The number of alkyl halides is 3. The molecule has 0 aliphatic heterocycles. The first-order valence-electron chi connectivity index (χ1n) is 9.91. The molecule has 0 aliphatic rings. The topological polar surface area (TPSA) is 83.6 Å². The predicted octanol–water partition coefficient (Wildman–Crippen LogP) is 4.89. The van der Waals surface area contributed by atoms with Crippen LogP contribution < -0.4 is 5.32 Å². The normalized spacial score (nSPS) is 11.1. The van der Waals surface area contributed by atoms with Crippen LogP contribution in [0.15, 0.2) is 73.1 Å². The van der Waals surface area contributed by atoms with Crippen LogP contribution in [0.3, 0.4) is 0 Å². The summed E-state index contributed by atoms with van der Waals surface area (Å²) in [6, 6.07) is 15.5. The van der Waals surface area contributed by atoms with E-state index in [1.807, 2.05) is 0 Å². The first kappa shape index (κ1) is 22.7. The van der Waals surface area contributed by atoms with Crippen LogP contribution in [0, 0.1) is 17.1 Å². The van der Waals surface area contributed by atoms with Gasteiger partial charge in [-0.25, -0.2) is 9.07 Å². The number of hydrogen-bond donors (Lipinski definition) is 1. The standard InChI is InChI=1S/C24H15F4N5O/c25-20-12-18(7-6-17(20)14-31-23(34)22-3-1-2-9-30-22)33-10-8-21(32-33)15-4-5-16(13-29)19(11-15)24(26,27)28/h1-12H,14H2,(H,31,34). The van der Waals surface area contributed by atoms with Crippen LogP contribution in [0.1, 0.15) is 27.2 Å². The summed E-state index contributed by atoms with van der Waals surface area (Å²) in [6.45, 7) is -0.0582. The first-order valence-corrected chi connectivity index (χ1v) is 9.91. The predicted molar refractivity (Wildman–Crippen MR) is 114 cm³/mol. The summed E-state index contributed by atoms with van der Waals surface area (Å²) in [5.41, 5.74) is -0.356. The van der Waals surface area contributed by atoms with Crippen molar-refractivity contribution in [3.05, 3.63) is 101 Å². The van der Waals surface area contributed by atoms with E-state index in [2.05, 4.69) is 15.4 Å². The highest BCUT2D eigenvalue weighted by molar-refractivity contribution is 5.92. The Morgan fingerprint density at radius 3 is 2.59 bits per heavy atom. The van der Waals surface area contributed by atoms with Gasteiger partial charge in [0.2, 0.25) is 0 Å². The summed E-state index contributed by atoms with van der Waals surface area (Å²) in [5.74, 6) is -1.03. The van der Waals surface area contributed by atoms with Crippen LogP contribution in [-0.4, -0.2) is 20.7 Å². The third-order valence-corrected chi connectivity index (χ3v) is 4.97. The number of nitrogens with zero attached hydrogens (tertiary/aromatic N) is 4. The highest BCUT2D eigenvalue weighted by Crippen LogP contribution is 2.34. The fraction of sp³-hybridized carbons (Fsp3) is 0.0833. The average molecular weight is 465 g/mol. The molecule has 0 unspecified atom stereocenters. The average Bonchev–Trinajstić information content (AvgIpc) is 3.33. The van der Waals surface area contributed by atoms with Crippen LogP contribution in [0.5, 0.6) is 0 Å². The zero-order valence-corrected chi connectivity index (χ0v) is 17.3. The van der Waals surface area contributed by atoms with E-state index in [1.165, 1.54) is 53.5 Å². The fourth-order valence-electron chi connectivity index (χ4n) is 3.24. The molecule has 4 rings (SSSR count). The van der Waals surface area contributed by atoms with Crippen LogP contribution in [-0.2, 0) is 12.7 Å². The minimum Gasteiger partial charge on any atom is -0.347 e. The van der Waals surface area contributed by atoms with Gasteiger partial charge in [-0.1, -0.05) is 18.2 Å². The first-order chi connectivity index (χ1) is 16.3. The van der Waals surface area contributed by atoms with Crippen molar-refractivity contribution in [3.8, 4) is 23.0 Å². The van der Waals surface area contributed by atoms with Gasteiger partial charge >= 0.3 is 6.18 Å². The molecule has 2 aromatic carbocycles. The molecular formula is C24H15F4N5O. The van der Waals surface area contributed by atoms with Gasteiger partial charge in [0, 0.05) is 30.1 Å². The number of nitriles is 1. The Morgan fingerprint density at radius 2 is 1.91 bits per heavy atom. The zero-order valence-electron chi connectivity index (χ0n) is 17.3. The maximum Gasteiger partial charge on any atom is 0.417 e. The number of pyridine rings is 1. The molecule has 6 nitrogen and oxygen atoms in total. The van der Waals surface area contributed by atoms with E-state index in [0.29, 0.717) is 5.69 Å². The molecule has 0 saturated heterocycles. The molecule has 0 spiro atoms. The number of halogens is 4. The van der Waals surface area contributed by atoms with Crippen molar-refractivity contribution in [2.24, 2.45) is 0 Å². The zero-order chi connectivity index (χ0) is 24.3. The lowest BCUT2D eigenvalue weighted by atomic mass is 10.0. The minimum atomic E-state index is -4.69. The second-order valence-electron chi connectivity index (χ2n) is 7.19. The Labute approximate surface area is 191 Å². The molecule has 0 fully saturated rings. The molecular weight excluding hydrogens is 450 g/mol. The van der Waals surface area contributed by atoms with Gasteiger partial charge in [0.25, 0.3) is 5.91 Å². The third kappa shape index (κ3) is 4.78. The second-order valence-corrected chi connectivity index (χ2v) is 7.19. The molecule has 0 atom stereocenters. The van der Waals surface area contributed by atoms with Crippen LogP contribution >= 0.6 is 0 Å². The number of amides is 1. The number of carbonyl (C=O) groups is 1. The molecule has 170 valence electrons. The SMILES string of the molecule is N#Cc1ccc(-c2ccn(-c3ccc(CNC(=O)c4ccccn4)c(F)c3)n2)cc1C(F)(F)F. The van der Waals surface area contributed by atoms with Crippen LogP contribution in [0.25, 0.3) is 16.9 Å². The van der Waals surface area contributed by atoms with Crippen LogP contribution in [0.2, 0.25) is 0 Å². The lowest BCUT2D eigenvalue weighted by Crippen LogP contribution is -2.24. The van der Waals surface area contributed by atoms with Gasteiger partial charge in [-0.2, -0.15) is 23.5 Å². The smallest absolute Gasteiger partial charge is 0.347 e. The van der Waals surface area contributed by atoms with Gasteiger partial charge < -0.3 is 5.32 Å². The Bertz CT molecular complexity index is 1390. The summed E-state index contributed by atoms with van der Waals surface area (Å²) < 4.78 is 55.7. The molecule has 0 radical (unpaired) electrons. The van der Waals surface area contributed by atoms with Gasteiger partial charge in [-0.05, 0) is 42.5 Å². The summed E-state index contributed by atoms with van der Waals surface area (Å²) in [5, 5.41) is 15.8. The molecule has 10 heteroatoms. The molecule has 1 N–H and O–H groups in total. The Hall–Kier alpha value is -4.52. The number of hydrogen-bond acceptors (Lipinski definition) is 4. The maximum atomic E-state index is 14.6. The van der Waals surface area contributed by atoms with E-state index in [-0.39, 0.29) is 29.1 Å². The highest BCUT2D eigenvalue weighted by atomic mass is 19.4. The van der Waals surface area contributed by atoms with E-state index in [4.69, 9.17) is 5.26 Å². The van der Waals surface area contributed by atoms with Gasteiger partial charge in [0.15, 0.2) is 0 Å². The van der Waals surface area contributed by atoms with Crippen molar-refractivity contribution in [2.45, 2.75) is 12.7 Å². The van der Waals surface area contributed by atoms with E-state index < -0.39 is 29.0 Å². The van der Waals surface area contributed by atoms with Crippen molar-refractivity contribution >= 4 is 5.91 Å². The monoisotopic (exact) mass is 465 g/mol. The van der Waals surface area contributed by atoms with Gasteiger partial charge in [-0.15, -0.1) is 0 Å². The number of carbonyl (C=O) groups excluding carboxylic acids is 1. The quantitative estimate of drug-likeness (QED) is 0.425. The largest absolute Gasteiger partial charge is 0.417 e. The molecule has 2 heterocycles. The summed E-state index contributed by atoms with van der Waals surface area (Å²) in [7, 11) is 0. The molecule has 4 aromatic rings. The summed E-state index contributed by atoms with van der Waals surface area (Å²) in [4.78, 5) is 16.0. The number of benzene rings is 2. The Kier molecular flexibility index (Phi) is 6.10.